The van der Waals surface area contributed by atoms with Gasteiger partial charge in [-0.05, 0) is 37.5 Å². The highest BCUT2D eigenvalue weighted by Gasteiger charge is 2.24. The SMILES string of the molecule is Cc1c(N)cccc1C(=O)N1CCCC(O)C1. The molecule has 1 atom stereocenters. The van der Waals surface area contributed by atoms with Crippen LogP contribution in [0, 0.1) is 6.92 Å². The Morgan fingerprint density at radius 3 is 3.00 bits per heavy atom. The number of nitrogens with two attached hydrogens (primary N) is 1. The smallest absolute Gasteiger partial charge is 0.254 e. The first kappa shape index (κ1) is 11.9. The van der Waals surface area contributed by atoms with Crippen molar-refractivity contribution in [2.24, 2.45) is 0 Å². The largest absolute Gasteiger partial charge is 0.398 e. The van der Waals surface area contributed by atoms with Gasteiger partial charge in [0.05, 0.1) is 6.10 Å². The minimum Gasteiger partial charge on any atom is -0.398 e. The van der Waals surface area contributed by atoms with Gasteiger partial charge in [-0.2, -0.15) is 0 Å². The number of likely N-dealkylation sites (tertiary alicyclic amines) is 1. The van der Waals surface area contributed by atoms with E-state index in [9.17, 15) is 9.90 Å². The highest BCUT2D eigenvalue weighted by molar-refractivity contribution is 5.97. The predicted octanol–water partition coefficient (Wildman–Crippen LogP) is 1.17. The molecule has 3 N–H and O–H groups in total. The molecule has 1 aliphatic heterocycles. The average Bonchev–Trinajstić information content (AvgIpc) is 2.32. The fourth-order valence-electron chi connectivity index (χ4n) is 2.19. The Bertz CT molecular complexity index is 431. The first-order valence-corrected chi connectivity index (χ1v) is 5.92. The summed E-state index contributed by atoms with van der Waals surface area (Å²) >= 11 is 0. The number of carbonyl (C=O) groups excluding carboxylic acids is 1. The molecular weight excluding hydrogens is 216 g/mol. The van der Waals surface area contributed by atoms with E-state index in [0.29, 0.717) is 24.3 Å². The van der Waals surface area contributed by atoms with Crippen molar-refractivity contribution in [2.45, 2.75) is 25.9 Å². The number of carbonyl (C=O) groups is 1. The van der Waals surface area contributed by atoms with E-state index in [2.05, 4.69) is 0 Å². The second-order valence-corrected chi connectivity index (χ2v) is 4.57. The summed E-state index contributed by atoms with van der Waals surface area (Å²) < 4.78 is 0. The van der Waals surface area contributed by atoms with Crippen LogP contribution in [0.2, 0.25) is 0 Å². The maximum Gasteiger partial charge on any atom is 0.254 e. The van der Waals surface area contributed by atoms with Gasteiger partial charge in [0.2, 0.25) is 0 Å². The normalized spacial score (nSPS) is 20.4. The van der Waals surface area contributed by atoms with Crippen molar-refractivity contribution < 1.29 is 9.90 Å². The number of benzene rings is 1. The number of rotatable bonds is 1. The monoisotopic (exact) mass is 234 g/mol. The van der Waals surface area contributed by atoms with Crippen molar-refractivity contribution in [3.05, 3.63) is 29.3 Å². The van der Waals surface area contributed by atoms with E-state index in [4.69, 9.17) is 5.73 Å². The number of aliphatic hydroxyl groups is 1. The maximum absolute atomic E-state index is 12.3. The molecular formula is C13H18N2O2. The summed E-state index contributed by atoms with van der Waals surface area (Å²) in [6.45, 7) is 2.99. The standard InChI is InChI=1S/C13H18N2O2/c1-9-11(5-2-6-12(9)14)13(17)15-7-3-4-10(16)8-15/h2,5-6,10,16H,3-4,7-8,14H2,1H3. The Kier molecular flexibility index (Phi) is 3.33. The van der Waals surface area contributed by atoms with Crippen molar-refractivity contribution in [1.82, 2.24) is 4.90 Å². The van der Waals surface area contributed by atoms with Crippen LogP contribution in [0.25, 0.3) is 0 Å². The maximum atomic E-state index is 12.3. The second-order valence-electron chi connectivity index (χ2n) is 4.57. The molecule has 1 saturated heterocycles. The Labute approximate surface area is 101 Å². The molecule has 0 spiro atoms. The highest BCUT2D eigenvalue weighted by Crippen LogP contribution is 2.19. The van der Waals surface area contributed by atoms with Gasteiger partial charge >= 0.3 is 0 Å². The Morgan fingerprint density at radius 1 is 1.53 bits per heavy atom. The summed E-state index contributed by atoms with van der Waals surface area (Å²) in [4.78, 5) is 14.0. The van der Waals surface area contributed by atoms with Crippen molar-refractivity contribution in [3.63, 3.8) is 0 Å². The lowest BCUT2D eigenvalue weighted by Gasteiger charge is -2.30. The quantitative estimate of drug-likeness (QED) is 0.717. The molecule has 17 heavy (non-hydrogen) atoms. The number of nitrogen functional groups attached to an aromatic ring is 1. The molecule has 4 nitrogen and oxygen atoms in total. The zero-order valence-corrected chi connectivity index (χ0v) is 10.0. The number of hydrogen-bond acceptors (Lipinski definition) is 3. The molecule has 1 aromatic carbocycles. The van der Waals surface area contributed by atoms with Crippen LogP contribution in [0.4, 0.5) is 5.69 Å². The van der Waals surface area contributed by atoms with Crippen LogP contribution in [0.3, 0.4) is 0 Å². The number of nitrogens with zero attached hydrogens (tertiary/aromatic N) is 1. The van der Waals surface area contributed by atoms with Crippen LogP contribution < -0.4 is 5.73 Å². The minimum atomic E-state index is -0.394. The summed E-state index contributed by atoms with van der Waals surface area (Å²) in [7, 11) is 0. The fourth-order valence-corrected chi connectivity index (χ4v) is 2.19. The molecule has 92 valence electrons. The fraction of sp³-hybridized carbons (Fsp3) is 0.462. The van der Waals surface area contributed by atoms with Gasteiger partial charge in [0.1, 0.15) is 0 Å². The third-order valence-corrected chi connectivity index (χ3v) is 3.29. The lowest BCUT2D eigenvalue weighted by atomic mass is 10.0. The Hall–Kier alpha value is -1.55. The molecule has 1 amide bonds. The van der Waals surface area contributed by atoms with Crippen molar-refractivity contribution in [1.29, 1.82) is 0 Å². The van der Waals surface area contributed by atoms with Gasteiger partial charge in [-0.1, -0.05) is 6.07 Å². The lowest BCUT2D eigenvalue weighted by molar-refractivity contribution is 0.0473. The van der Waals surface area contributed by atoms with Gasteiger partial charge in [-0.3, -0.25) is 4.79 Å². The van der Waals surface area contributed by atoms with E-state index in [1.165, 1.54) is 0 Å². The lowest BCUT2D eigenvalue weighted by Crippen LogP contribution is -2.42. The van der Waals surface area contributed by atoms with Gasteiger partial charge in [0.15, 0.2) is 0 Å². The van der Waals surface area contributed by atoms with E-state index in [1.54, 1.807) is 23.1 Å². The number of anilines is 1. The molecule has 0 bridgehead atoms. The number of amides is 1. The third kappa shape index (κ3) is 2.42. The third-order valence-electron chi connectivity index (χ3n) is 3.29. The summed E-state index contributed by atoms with van der Waals surface area (Å²) in [5.41, 5.74) is 7.88. The molecule has 4 heteroatoms. The highest BCUT2D eigenvalue weighted by atomic mass is 16.3. The van der Waals surface area contributed by atoms with Crippen molar-refractivity contribution >= 4 is 11.6 Å². The molecule has 0 radical (unpaired) electrons. The topological polar surface area (TPSA) is 66.6 Å². The predicted molar refractivity (Wildman–Crippen MR) is 66.7 cm³/mol. The first-order chi connectivity index (χ1) is 8.09. The van der Waals surface area contributed by atoms with Gasteiger partial charge in [-0.25, -0.2) is 0 Å². The number of aliphatic hydroxyl groups excluding tert-OH is 1. The van der Waals surface area contributed by atoms with Gasteiger partial charge in [0, 0.05) is 24.3 Å². The van der Waals surface area contributed by atoms with Crippen LogP contribution in [0.15, 0.2) is 18.2 Å². The van der Waals surface area contributed by atoms with E-state index < -0.39 is 6.10 Å². The molecule has 0 aromatic heterocycles. The molecule has 0 saturated carbocycles. The van der Waals surface area contributed by atoms with E-state index in [1.807, 2.05) is 6.92 Å². The summed E-state index contributed by atoms with van der Waals surface area (Å²) in [6, 6.07) is 5.36. The van der Waals surface area contributed by atoms with E-state index in [0.717, 1.165) is 18.4 Å². The molecule has 1 fully saturated rings. The van der Waals surface area contributed by atoms with Crippen LogP contribution in [0.5, 0.6) is 0 Å². The minimum absolute atomic E-state index is 0.0337. The summed E-state index contributed by atoms with van der Waals surface area (Å²) in [5.74, 6) is -0.0337. The zero-order valence-electron chi connectivity index (χ0n) is 10.0. The molecule has 1 aromatic rings. The van der Waals surface area contributed by atoms with Crippen LogP contribution >= 0.6 is 0 Å². The second kappa shape index (κ2) is 4.75. The molecule has 1 heterocycles. The Balaban J connectivity index is 2.22. The van der Waals surface area contributed by atoms with Crippen LogP contribution in [-0.4, -0.2) is 35.1 Å². The number of hydrogen-bond donors (Lipinski definition) is 2. The number of piperidine rings is 1. The first-order valence-electron chi connectivity index (χ1n) is 5.92. The summed E-state index contributed by atoms with van der Waals surface area (Å²) in [6.07, 6.45) is 1.24. The molecule has 1 aliphatic rings. The summed E-state index contributed by atoms with van der Waals surface area (Å²) in [5, 5.41) is 9.58. The van der Waals surface area contributed by atoms with Crippen molar-refractivity contribution in [2.75, 3.05) is 18.8 Å². The Morgan fingerprint density at radius 2 is 2.29 bits per heavy atom. The molecule has 1 unspecified atom stereocenters. The van der Waals surface area contributed by atoms with E-state index in [-0.39, 0.29) is 5.91 Å². The molecule has 0 aliphatic carbocycles. The zero-order chi connectivity index (χ0) is 12.4. The molecule has 2 rings (SSSR count). The van der Waals surface area contributed by atoms with Crippen molar-refractivity contribution in [3.8, 4) is 0 Å². The van der Waals surface area contributed by atoms with Gasteiger partial charge < -0.3 is 15.7 Å². The van der Waals surface area contributed by atoms with E-state index >= 15 is 0 Å². The van der Waals surface area contributed by atoms with Gasteiger partial charge in [-0.15, -0.1) is 0 Å². The van der Waals surface area contributed by atoms with Crippen LogP contribution in [0.1, 0.15) is 28.8 Å². The average molecular weight is 234 g/mol. The van der Waals surface area contributed by atoms with Crippen LogP contribution in [-0.2, 0) is 0 Å². The van der Waals surface area contributed by atoms with Gasteiger partial charge in [0.25, 0.3) is 5.91 Å². The number of β-amino-alcohol motifs (C(OH)–C–C–N with tert-alkyl or cyclic N) is 1.